The zero-order valence-corrected chi connectivity index (χ0v) is 12.9. The molecule has 22 heavy (non-hydrogen) atoms. The zero-order valence-electron chi connectivity index (χ0n) is 12.1. The average molecular weight is 321 g/mol. The fraction of sp³-hybridized carbons (Fsp3) is 0.214. The second kappa shape index (κ2) is 6.20. The molecule has 0 unspecified atom stereocenters. The lowest BCUT2D eigenvalue weighted by Gasteiger charge is -2.09. The van der Waals surface area contributed by atoms with Crippen LogP contribution in [0.1, 0.15) is 16.8 Å². The van der Waals surface area contributed by atoms with Gasteiger partial charge in [-0.15, -0.1) is 0 Å². The number of benzene rings is 1. The summed E-state index contributed by atoms with van der Waals surface area (Å²) >= 11 is 0. The summed E-state index contributed by atoms with van der Waals surface area (Å²) in [6, 6.07) is 7.11. The topological polar surface area (TPSA) is 102 Å². The SMILES string of the molecule is Cc1cnc(CNS(=O)(=O)c2ccccc2[N+](=O)[O-])c(C)c1. The van der Waals surface area contributed by atoms with Crippen LogP contribution in [0.4, 0.5) is 5.69 Å². The van der Waals surface area contributed by atoms with Crippen molar-refractivity contribution < 1.29 is 13.3 Å². The molecule has 2 rings (SSSR count). The number of nitrogens with zero attached hydrogens (tertiary/aromatic N) is 2. The smallest absolute Gasteiger partial charge is 0.259 e. The Morgan fingerprint density at radius 2 is 1.95 bits per heavy atom. The third kappa shape index (κ3) is 3.46. The van der Waals surface area contributed by atoms with Gasteiger partial charge in [0.25, 0.3) is 5.69 Å². The molecule has 0 atom stereocenters. The molecular formula is C14H15N3O4S. The number of nitro groups is 1. The van der Waals surface area contributed by atoms with Gasteiger partial charge in [0.1, 0.15) is 0 Å². The fourth-order valence-corrected chi connectivity index (χ4v) is 3.16. The van der Waals surface area contributed by atoms with Crippen LogP contribution >= 0.6 is 0 Å². The average Bonchev–Trinajstić information content (AvgIpc) is 2.46. The van der Waals surface area contributed by atoms with Crippen molar-refractivity contribution in [1.82, 2.24) is 9.71 Å². The lowest BCUT2D eigenvalue weighted by atomic mass is 10.2. The Bertz CT molecular complexity index is 819. The summed E-state index contributed by atoms with van der Waals surface area (Å²) in [5.41, 5.74) is 1.95. The molecule has 0 radical (unpaired) electrons. The molecule has 0 bridgehead atoms. The third-order valence-corrected chi connectivity index (χ3v) is 4.55. The molecule has 8 heteroatoms. The van der Waals surface area contributed by atoms with Crippen molar-refractivity contribution in [3.63, 3.8) is 0 Å². The van der Waals surface area contributed by atoms with Gasteiger partial charge in [0.15, 0.2) is 4.90 Å². The summed E-state index contributed by atoms with van der Waals surface area (Å²) in [5, 5.41) is 10.9. The molecule has 1 aromatic heterocycles. The number of nitrogens with one attached hydrogen (secondary N) is 1. The number of rotatable bonds is 5. The van der Waals surface area contributed by atoms with E-state index in [1.165, 1.54) is 18.2 Å². The molecule has 0 spiro atoms. The molecule has 0 aliphatic heterocycles. The summed E-state index contributed by atoms with van der Waals surface area (Å²) in [6.07, 6.45) is 1.64. The van der Waals surface area contributed by atoms with Crippen molar-refractivity contribution >= 4 is 15.7 Å². The first-order chi connectivity index (χ1) is 10.3. The van der Waals surface area contributed by atoms with Crippen LogP contribution in [0.3, 0.4) is 0 Å². The molecule has 1 heterocycles. The lowest BCUT2D eigenvalue weighted by Crippen LogP contribution is -2.25. The maximum Gasteiger partial charge on any atom is 0.289 e. The molecule has 1 aromatic carbocycles. The van der Waals surface area contributed by atoms with Gasteiger partial charge < -0.3 is 0 Å². The minimum absolute atomic E-state index is 0.0273. The van der Waals surface area contributed by atoms with E-state index in [2.05, 4.69) is 9.71 Å². The summed E-state index contributed by atoms with van der Waals surface area (Å²) in [4.78, 5) is 14.0. The Labute approximate surface area is 128 Å². The number of para-hydroxylation sites is 1. The minimum atomic E-state index is -3.99. The van der Waals surface area contributed by atoms with E-state index in [-0.39, 0.29) is 11.4 Å². The molecule has 0 amide bonds. The molecule has 0 fully saturated rings. The van der Waals surface area contributed by atoms with Gasteiger partial charge in [0, 0.05) is 12.3 Å². The van der Waals surface area contributed by atoms with Gasteiger partial charge in [0.05, 0.1) is 17.2 Å². The predicted molar refractivity (Wildman–Crippen MR) is 80.8 cm³/mol. The molecule has 2 aromatic rings. The van der Waals surface area contributed by atoms with Gasteiger partial charge in [-0.25, -0.2) is 13.1 Å². The highest BCUT2D eigenvalue weighted by molar-refractivity contribution is 7.89. The van der Waals surface area contributed by atoms with E-state index in [4.69, 9.17) is 0 Å². The zero-order chi connectivity index (χ0) is 16.3. The van der Waals surface area contributed by atoms with Gasteiger partial charge in [0.2, 0.25) is 10.0 Å². The van der Waals surface area contributed by atoms with E-state index >= 15 is 0 Å². The minimum Gasteiger partial charge on any atom is -0.259 e. The van der Waals surface area contributed by atoms with Crippen molar-refractivity contribution in [2.75, 3.05) is 0 Å². The molecule has 0 aliphatic rings. The Kier molecular flexibility index (Phi) is 4.53. The third-order valence-electron chi connectivity index (χ3n) is 3.10. The van der Waals surface area contributed by atoms with Crippen LogP contribution in [0, 0.1) is 24.0 Å². The highest BCUT2D eigenvalue weighted by atomic mass is 32.2. The van der Waals surface area contributed by atoms with E-state index in [1.54, 1.807) is 6.20 Å². The van der Waals surface area contributed by atoms with Crippen LogP contribution < -0.4 is 4.72 Å². The van der Waals surface area contributed by atoms with E-state index in [0.717, 1.165) is 17.2 Å². The van der Waals surface area contributed by atoms with Crippen molar-refractivity contribution in [3.8, 4) is 0 Å². The summed E-state index contributed by atoms with van der Waals surface area (Å²) < 4.78 is 26.9. The van der Waals surface area contributed by atoms with Crippen molar-refractivity contribution in [1.29, 1.82) is 0 Å². The number of sulfonamides is 1. The molecule has 0 saturated carbocycles. The van der Waals surface area contributed by atoms with E-state index in [0.29, 0.717) is 5.69 Å². The van der Waals surface area contributed by atoms with Crippen LogP contribution in [-0.4, -0.2) is 18.3 Å². The normalized spacial score (nSPS) is 11.4. The van der Waals surface area contributed by atoms with Gasteiger partial charge in [-0.1, -0.05) is 18.2 Å². The molecule has 7 nitrogen and oxygen atoms in total. The number of aromatic nitrogens is 1. The molecule has 116 valence electrons. The predicted octanol–water partition coefficient (Wildman–Crippen LogP) is 2.09. The Morgan fingerprint density at radius 1 is 1.27 bits per heavy atom. The molecular weight excluding hydrogens is 306 g/mol. The Morgan fingerprint density at radius 3 is 2.59 bits per heavy atom. The largest absolute Gasteiger partial charge is 0.289 e. The molecule has 0 aliphatic carbocycles. The maximum atomic E-state index is 12.3. The van der Waals surface area contributed by atoms with Crippen molar-refractivity contribution in [2.45, 2.75) is 25.3 Å². The number of aryl methyl sites for hydroxylation is 2. The second-order valence-corrected chi connectivity index (χ2v) is 6.56. The Hall–Kier alpha value is -2.32. The first-order valence-electron chi connectivity index (χ1n) is 6.46. The van der Waals surface area contributed by atoms with Gasteiger partial charge >= 0.3 is 0 Å². The van der Waals surface area contributed by atoms with Gasteiger partial charge in [-0.3, -0.25) is 15.1 Å². The van der Waals surface area contributed by atoms with Crippen LogP contribution in [0.25, 0.3) is 0 Å². The van der Waals surface area contributed by atoms with Crippen LogP contribution in [-0.2, 0) is 16.6 Å². The van der Waals surface area contributed by atoms with E-state index in [9.17, 15) is 18.5 Å². The van der Waals surface area contributed by atoms with Crippen molar-refractivity contribution in [3.05, 3.63) is 63.5 Å². The monoisotopic (exact) mass is 321 g/mol. The highest BCUT2D eigenvalue weighted by Gasteiger charge is 2.24. The maximum absolute atomic E-state index is 12.3. The van der Waals surface area contributed by atoms with Gasteiger partial charge in [-0.05, 0) is 31.0 Å². The number of nitro benzene ring substituents is 1. The van der Waals surface area contributed by atoms with E-state index < -0.39 is 20.6 Å². The molecule has 0 saturated heterocycles. The quantitative estimate of drug-likeness (QED) is 0.671. The second-order valence-electron chi connectivity index (χ2n) is 4.83. The number of hydrogen-bond donors (Lipinski definition) is 1. The van der Waals surface area contributed by atoms with Crippen LogP contribution in [0.15, 0.2) is 41.4 Å². The Balaban J connectivity index is 2.27. The lowest BCUT2D eigenvalue weighted by molar-refractivity contribution is -0.387. The van der Waals surface area contributed by atoms with Crippen molar-refractivity contribution in [2.24, 2.45) is 0 Å². The fourth-order valence-electron chi connectivity index (χ4n) is 2.01. The first kappa shape index (κ1) is 16.1. The number of hydrogen-bond acceptors (Lipinski definition) is 5. The standard InChI is InChI=1S/C14H15N3O4S/c1-10-7-11(2)12(15-8-10)9-16-22(20,21)14-6-4-3-5-13(14)17(18)19/h3-8,16H,9H2,1-2H3. The summed E-state index contributed by atoms with van der Waals surface area (Å²) in [7, 11) is -3.99. The first-order valence-corrected chi connectivity index (χ1v) is 7.95. The summed E-state index contributed by atoms with van der Waals surface area (Å²) in [6.45, 7) is 3.69. The highest BCUT2D eigenvalue weighted by Crippen LogP contribution is 2.22. The summed E-state index contributed by atoms with van der Waals surface area (Å²) in [5.74, 6) is 0. The number of pyridine rings is 1. The van der Waals surface area contributed by atoms with Gasteiger partial charge in [-0.2, -0.15) is 0 Å². The molecule has 1 N–H and O–H groups in total. The van der Waals surface area contributed by atoms with Crippen LogP contribution in [0.2, 0.25) is 0 Å². The van der Waals surface area contributed by atoms with E-state index in [1.807, 2.05) is 19.9 Å². The van der Waals surface area contributed by atoms with Crippen LogP contribution in [0.5, 0.6) is 0 Å².